The second-order valence-corrected chi connectivity index (χ2v) is 7.61. The minimum Gasteiger partial charge on any atom is -0.380 e. The first-order chi connectivity index (χ1) is 14.4. The molecule has 1 aromatic heterocycles. The van der Waals surface area contributed by atoms with Crippen LogP contribution in [0.15, 0.2) is 85.4 Å². The number of benzene rings is 1. The van der Waals surface area contributed by atoms with Gasteiger partial charge < -0.3 is 10.1 Å². The van der Waals surface area contributed by atoms with Crippen molar-refractivity contribution in [2.24, 2.45) is 0 Å². The molecule has 0 aliphatic carbocycles. The molecule has 0 bridgehead atoms. The Labute approximate surface area is 178 Å². The number of ether oxygens (including phenoxy) is 1. The summed E-state index contributed by atoms with van der Waals surface area (Å²) in [6.07, 6.45) is 8.47. The van der Waals surface area contributed by atoms with E-state index in [2.05, 4.69) is 54.6 Å². The predicted octanol–water partition coefficient (Wildman–Crippen LogP) is 6.14. The van der Waals surface area contributed by atoms with E-state index in [0.29, 0.717) is 13.2 Å². The van der Waals surface area contributed by atoms with Crippen LogP contribution >= 0.6 is 0 Å². The average Bonchev–Trinajstić information content (AvgIpc) is 3.24. The molecule has 0 amide bonds. The fourth-order valence-corrected chi connectivity index (χ4v) is 3.65. The molecule has 2 aromatic rings. The molecule has 1 aliphatic heterocycles. The zero-order valence-electron chi connectivity index (χ0n) is 17.7. The minimum absolute atomic E-state index is 0.257. The van der Waals surface area contributed by atoms with Crippen molar-refractivity contribution >= 4 is 5.70 Å². The summed E-state index contributed by atoms with van der Waals surface area (Å²) in [4.78, 5) is 4.61. The highest BCUT2D eigenvalue weighted by Gasteiger charge is 2.39. The number of halogens is 1. The lowest BCUT2D eigenvalue weighted by Crippen LogP contribution is -2.27. The third-order valence-electron chi connectivity index (χ3n) is 5.37. The maximum Gasteiger partial charge on any atom is 0.120 e. The fourth-order valence-electron chi connectivity index (χ4n) is 3.65. The van der Waals surface area contributed by atoms with Gasteiger partial charge >= 0.3 is 0 Å². The number of hydrogen-bond donors (Lipinski definition) is 1. The van der Waals surface area contributed by atoms with Crippen molar-refractivity contribution in [3.05, 3.63) is 108 Å². The summed E-state index contributed by atoms with van der Waals surface area (Å²) in [5.41, 5.74) is 5.10. The van der Waals surface area contributed by atoms with Gasteiger partial charge in [-0.15, -0.1) is 0 Å². The summed E-state index contributed by atoms with van der Waals surface area (Å²) in [5, 5.41) is 3.33. The molecular formula is C26H29FN2O. The van der Waals surface area contributed by atoms with Gasteiger partial charge in [0.2, 0.25) is 0 Å². The zero-order chi connectivity index (χ0) is 21.6. The second-order valence-electron chi connectivity index (χ2n) is 7.61. The van der Waals surface area contributed by atoms with Crippen LogP contribution in [0.2, 0.25) is 0 Å². The van der Waals surface area contributed by atoms with Crippen molar-refractivity contribution in [2.45, 2.75) is 38.8 Å². The first kappa shape index (κ1) is 21.7. The lowest BCUT2D eigenvalue weighted by molar-refractivity contribution is 0.0351. The molecule has 1 aromatic carbocycles. The Hall–Kier alpha value is -2.98. The maximum absolute atomic E-state index is 13.3. The standard InChI is InChI=1S/C26H29FN2O/c1-5-23(12-9-20(3)27)26(15-6-16-30-26)24-13-14-25(29-18-24)21(4)28-17-22-10-7-19(2)8-11-22/h5,7-14,18,28H,1,4,6,15-17H2,2-3H3/b20-9+,23-12+. The molecule has 1 N–H and O–H groups in total. The van der Waals surface area contributed by atoms with Crippen LogP contribution in [0.25, 0.3) is 5.70 Å². The summed E-state index contributed by atoms with van der Waals surface area (Å²) in [6.45, 7) is 12.9. The van der Waals surface area contributed by atoms with Gasteiger partial charge in [0.25, 0.3) is 0 Å². The molecule has 1 atom stereocenters. The third-order valence-corrected chi connectivity index (χ3v) is 5.37. The van der Waals surface area contributed by atoms with E-state index >= 15 is 0 Å². The Bertz CT molecular complexity index is 946. The topological polar surface area (TPSA) is 34.2 Å². The molecule has 1 unspecified atom stereocenters. The lowest BCUT2D eigenvalue weighted by Gasteiger charge is -2.30. The van der Waals surface area contributed by atoms with Gasteiger partial charge in [-0.3, -0.25) is 4.98 Å². The number of nitrogens with zero attached hydrogens (tertiary/aromatic N) is 1. The fraction of sp³-hybridized carbons (Fsp3) is 0.269. The van der Waals surface area contributed by atoms with E-state index in [1.54, 1.807) is 12.2 Å². The SMILES string of the molecule is C=C/C(=C\C=C(/C)F)C1(c2ccc(C(=C)NCc3ccc(C)cc3)nc2)CCCO1. The van der Waals surface area contributed by atoms with Crippen molar-refractivity contribution in [1.29, 1.82) is 0 Å². The first-order valence-electron chi connectivity index (χ1n) is 10.2. The Kier molecular flexibility index (Phi) is 7.01. The molecule has 3 nitrogen and oxygen atoms in total. The minimum atomic E-state index is -0.643. The van der Waals surface area contributed by atoms with Gasteiger partial charge in [-0.2, -0.15) is 0 Å². The molecule has 1 fully saturated rings. The van der Waals surface area contributed by atoms with Crippen molar-refractivity contribution in [3.63, 3.8) is 0 Å². The first-order valence-corrected chi connectivity index (χ1v) is 10.2. The van der Waals surface area contributed by atoms with Crippen molar-refractivity contribution < 1.29 is 9.13 Å². The highest BCUT2D eigenvalue weighted by atomic mass is 19.1. The highest BCUT2D eigenvalue weighted by molar-refractivity contribution is 5.58. The van der Waals surface area contributed by atoms with Gasteiger partial charge in [-0.1, -0.05) is 61.2 Å². The smallest absolute Gasteiger partial charge is 0.120 e. The van der Waals surface area contributed by atoms with Crippen LogP contribution in [-0.4, -0.2) is 11.6 Å². The normalized spacial score (nSPS) is 19.6. The molecule has 2 heterocycles. The molecule has 0 radical (unpaired) electrons. The van der Waals surface area contributed by atoms with E-state index in [1.165, 1.54) is 24.1 Å². The Balaban J connectivity index is 1.77. The van der Waals surface area contributed by atoms with E-state index in [9.17, 15) is 4.39 Å². The van der Waals surface area contributed by atoms with Crippen molar-refractivity contribution in [1.82, 2.24) is 10.3 Å². The Morgan fingerprint density at radius 1 is 1.23 bits per heavy atom. The van der Waals surface area contributed by atoms with Crippen LogP contribution in [-0.2, 0) is 16.9 Å². The van der Waals surface area contributed by atoms with E-state index in [0.717, 1.165) is 35.4 Å². The predicted molar refractivity (Wildman–Crippen MR) is 121 cm³/mol. The van der Waals surface area contributed by atoms with Crippen LogP contribution in [0.4, 0.5) is 4.39 Å². The van der Waals surface area contributed by atoms with Crippen LogP contribution in [0.1, 0.15) is 42.1 Å². The summed E-state index contributed by atoms with van der Waals surface area (Å²) in [7, 11) is 0. The monoisotopic (exact) mass is 404 g/mol. The van der Waals surface area contributed by atoms with Crippen molar-refractivity contribution in [3.8, 4) is 0 Å². The van der Waals surface area contributed by atoms with E-state index in [1.807, 2.05) is 18.3 Å². The highest BCUT2D eigenvalue weighted by Crippen LogP contribution is 2.43. The van der Waals surface area contributed by atoms with Crippen LogP contribution in [0.5, 0.6) is 0 Å². The van der Waals surface area contributed by atoms with E-state index in [4.69, 9.17) is 4.74 Å². The molecule has 4 heteroatoms. The zero-order valence-corrected chi connectivity index (χ0v) is 17.7. The number of pyridine rings is 1. The number of nitrogens with one attached hydrogen (secondary N) is 1. The van der Waals surface area contributed by atoms with Gasteiger partial charge in [-0.05, 0) is 50.0 Å². The largest absolute Gasteiger partial charge is 0.380 e. The van der Waals surface area contributed by atoms with Gasteiger partial charge in [0.15, 0.2) is 0 Å². The van der Waals surface area contributed by atoms with Gasteiger partial charge in [0.1, 0.15) is 5.60 Å². The molecule has 1 aliphatic rings. The van der Waals surface area contributed by atoms with Crippen molar-refractivity contribution in [2.75, 3.05) is 6.61 Å². The average molecular weight is 405 g/mol. The number of allylic oxidation sites excluding steroid dienone is 3. The molecule has 0 saturated carbocycles. The molecule has 0 spiro atoms. The molecule has 3 rings (SSSR count). The van der Waals surface area contributed by atoms with Crippen LogP contribution in [0, 0.1) is 6.92 Å². The number of hydrogen-bond acceptors (Lipinski definition) is 3. The Morgan fingerprint density at radius 2 is 2.00 bits per heavy atom. The summed E-state index contributed by atoms with van der Waals surface area (Å²) < 4.78 is 19.4. The number of rotatable bonds is 8. The molecule has 156 valence electrons. The lowest BCUT2D eigenvalue weighted by atomic mass is 9.84. The second kappa shape index (κ2) is 9.68. The molecule has 30 heavy (non-hydrogen) atoms. The summed E-state index contributed by atoms with van der Waals surface area (Å²) >= 11 is 0. The third kappa shape index (κ3) is 4.95. The maximum atomic E-state index is 13.3. The van der Waals surface area contributed by atoms with Gasteiger partial charge in [-0.25, -0.2) is 4.39 Å². The molecule has 1 saturated heterocycles. The summed E-state index contributed by atoms with van der Waals surface area (Å²) in [6, 6.07) is 12.3. The van der Waals surface area contributed by atoms with E-state index < -0.39 is 5.60 Å². The number of aromatic nitrogens is 1. The quantitative estimate of drug-likeness (QED) is 0.537. The van der Waals surface area contributed by atoms with Gasteiger partial charge in [0.05, 0.1) is 17.2 Å². The van der Waals surface area contributed by atoms with Gasteiger partial charge in [0, 0.05) is 24.9 Å². The van der Waals surface area contributed by atoms with Crippen LogP contribution in [0.3, 0.4) is 0 Å². The summed E-state index contributed by atoms with van der Waals surface area (Å²) in [5.74, 6) is -0.257. The number of aryl methyl sites for hydroxylation is 1. The Morgan fingerprint density at radius 3 is 2.57 bits per heavy atom. The van der Waals surface area contributed by atoms with E-state index in [-0.39, 0.29) is 5.83 Å². The van der Waals surface area contributed by atoms with Crippen LogP contribution < -0.4 is 5.32 Å². The molecular weight excluding hydrogens is 375 g/mol.